The molecule has 0 aliphatic heterocycles. The van der Waals surface area contributed by atoms with Gasteiger partial charge in [0.05, 0.1) is 22.6 Å². The molecule has 0 fully saturated rings. The molecule has 0 saturated carbocycles. The van der Waals surface area contributed by atoms with Gasteiger partial charge in [0.2, 0.25) is 0 Å². The van der Waals surface area contributed by atoms with Gasteiger partial charge in [-0.15, -0.1) is 11.3 Å². The van der Waals surface area contributed by atoms with Crippen LogP contribution in [0.3, 0.4) is 0 Å². The molecule has 27 heavy (non-hydrogen) atoms. The average Bonchev–Trinajstić information content (AvgIpc) is 2.91. The number of ether oxygens (including phenoxy) is 1. The Labute approximate surface area is 164 Å². The molecule has 8 heteroatoms. The second-order valence-corrected chi connectivity index (χ2v) is 7.44. The lowest BCUT2D eigenvalue weighted by atomic mass is 10.1. The molecule has 0 amide bonds. The number of aryl methyl sites for hydroxylation is 2. The number of thiophene rings is 1. The Kier molecular flexibility index (Phi) is 5.22. The Balaban J connectivity index is 2.14. The first-order valence-corrected chi connectivity index (χ1v) is 9.32. The summed E-state index contributed by atoms with van der Waals surface area (Å²) in [5, 5.41) is 20.2. The van der Waals surface area contributed by atoms with Gasteiger partial charge < -0.3 is 14.8 Å². The molecule has 3 aromatic rings. The highest BCUT2D eigenvalue weighted by molar-refractivity contribution is 7.18. The molecule has 1 aromatic carbocycles. The Morgan fingerprint density at radius 3 is 2.89 bits per heavy atom. The van der Waals surface area contributed by atoms with Crippen LogP contribution < -0.4 is 10.3 Å². The Bertz CT molecular complexity index is 1170. The van der Waals surface area contributed by atoms with Crippen LogP contribution in [-0.4, -0.2) is 21.7 Å². The first-order valence-electron chi connectivity index (χ1n) is 8.13. The van der Waals surface area contributed by atoms with E-state index in [1.165, 1.54) is 23.5 Å². The van der Waals surface area contributed by atoms with Crippen LogP contribution in [0.25, 0.3) is 21.9 Å². The molecular weight excluding hydrogens is 386 g/mol. The van der Waals surface area contributed by atoms with Gasteiger partial charge in [0.15, 0.2) is 17.3 Å². The fourth-order valence-corrected chi connectivity index (χ4v) is 3.89. The number of allylic oxidation sites excluding steroid dienone is 1. The van der Waals surface area contributed by atoms with Crippen molar-refractivity contribution in [3.05, 3.63) is 49.3 Å². The normalized spacial score (nSPS) is 11.6. The maximum atomic E-state index is 12.4. The number of phenols is 1. The highest BCUT2D eigenvalue weighted by atomic mass is 35.5. The lowest BCUT2D eigenvalue weighted by molar-refractivity contribution is 0.318. The van der Waals surface area contributed by atoms with Gasteiger partial charge in [0.25, 0.3) is 5.56 Å². The maximum absolute atomic E-state index is 12.4. The molecular formula is C19H16ClN3O3S. The number of aromatic hydroxyl groups is 1. The van der Waals surface area contributed by atoms with E-state index in [1.807, 2.05) is 13.8 Å². The predicted octanol–water partition coefficient (Wildman–Crippen LogP) is 4.42. The van der Waals surface area contributed by atoms with Gasteiger partial charge in [-0.25, -0.2) is 4.98 Å². The highest BCUT2D eigenvalue weighted by Gasteiger charge is 2.15. The van der Waals surface area contributed by atoms with Gasteiger partial charge in [-0.3, -0.25) is 4.79 Å². The van der Waals surface area contributed by atoms with Gasteiger partial charge >= 0.3 is 0 Å². The third kappa shape index (κ3) is 3.54. The van der Waals surface area contributed by atoms with Crippen LogP contribution in [0.4, 0.5) is 0 Å². The molecule has 0 radical (unpaired) electrons. The summed E-state index contributed by atoms with van der Waals surface area (Å²) in [7, 11) is 0. The number of aromatic nitrogens is 2. The van der Waals surface area contributed by atoms with Crippen molar-refractivity contribution in [2.24, 2.45) is 0 Å². The summed E-state index contributed by atoms with van der Waals surface area (Å²) in [5.74, 6) is 0.236. The van der Waals surface area contributed by atoms with Crippen LogP contribution in [0.2, 0.25) is 5.02 Å². The monoisotopic (exact) mass is 401 g/mol. The number of hydrogen-bond donors (Lipinski definition) is 2. The van der Waals surface area contributed by atoms with Crippen LogP contribution in [0.1, 0.15) is 28.8 Å². The van der Waals surface area contributed by atoms with E-state index in [-0.39, 0.29) is 33.5 Å². The standard InChI is InChI=1S/C19H16ClN3O3S/c1-4-26-14-7-11(6-13(20)16(14)24)5-12(8-21)17-22-18(25)15-9(2)10(3)27-19(15)23-17/h5-7,24H,4H2,1-3H3,(H,22,23,25)/b12-5+. The molecule has 0 aliphatic carbocycles. The molecule has 0 atom stereocenters. The number of rotatable bonds is 4. The maximum Gasteiger partial charge on any atom is 0.260 e. The molecule has 138 valence electrons. The summed E-state index contributed by atoms with van der Waals surface area (Å²) < 4.78 is 5.35. The summed E-state index contributed by atoms with van der Waals surface area (Å²) in [6.07, 6.45) is 1.53. The third-order valence-corrected chi connectivity index (χ3v) is 5.47. The second-order valence-electron chi connectivity index (χ2n) is 5.83. The number of phenolic OH excluding ortho intramolecular Hbond substituents is 1. The zero-order valence-electron chi connectivity index (χ0n) is 14.9. The zero-order valence-corrected chi connectivity index (χ0v) is 16.5. The Hall–Kier alpha value is -2.82. The fraction of sp³-hybridized carbons (Fsp3) is 0.211. The van der Waals surface area contributed by atoms with Crippen molar-refractivity contribution < 1.29 is 9.84 Å². The predicted molar refractivity (Wildman–Crippen MR) is 107 cm³/mol. The number of nitrogens with zero attached hydrogens (tertiary/aromatic N) is 2. The van der Waals surface area contributed by atoms with E-state index >= 15 is 0 Å². The lowest BCUT2D eigenvalue weighted by Gasteiger charge is -2.08. The van der Waals surface area contributed by atoms with Crippen LogP contribution in [0, 0.1) is 25.2 Å². The number of aromatic amines is 1. The third-order valence-electron chi connectivity index (χ3n) is 4.08. The number of nitrogens with one attached hydrogen (secondary N) is 1. The minimum absolute atomic E-state index is 0.103. The van der Waals surface area contributed by atoms with Crippen molar-refractivity contribution in [1.82, 2.24) is 9.97 Å². The zero-order chi connectivity index (χ0) is 19.7. The molecule has 2 N–H and O–H groups in total. The van der Waals surface area contributed by atoms with Crippen molar-refractivity contribution in [3.8, 4) is 17.6 Å². The van der Waals surface area contributed by atoms with E-state index in [4.69, 9.17) is 16.3 Å². The topological polar surface area (TPSA) is 99.0 Å². The summed E-state index contributed by atoms with van der Waals surface area (Å²) in [6.45, 7) is 5.94. The van der Waals surface area contributed by atoms with Gasteiger partial charge in [0.1, 0.15) is 10.9 Å². The van der Waals surface area contributed by atoms with Gasteiger partial charge in [-0.05, 0) is 50.1 Å². The van der Waals surface area contributed by atoms with Crippen LogP contribution >= 0.6 is 22.9 Å². The Morgan fingerprint density at radius 1 is 1.48 bits per heavy atom. The second kappa shape index (κ2) is 7.43. The SMILES string of the molecule is CCOc1cc(/C=C(\C#N)c2nc3sc(C)c(C)c3c(=O)[nH]2)cc(Cl)c1O. The smallest absolute Gasteiger partial charge is 0.260 e. The van der Waals surface area contributed by atoms with Gasteiger partial charge in [0, 0.05) is 4.88 Å². The summed E-state index contributed by atoms with van der Waals surface area (Å²) >= 11 is 7.45. The van der Waals surface area contributed by atoms with E-state index in [0.29, 0.717) is 22.4 Å². The highest BCUT2D eigenvalue weighted by Crippen LogP contribution is 2.36. The van der Waals surface area contributed by atoms with Crippen LogP contribution in [0.15, 0.2) is 16.9 Å². The van der Waals surface area contributed by atoms with E-state index in [1.54, 1.807) is 13.0 Å². The number of H-pyrrole nitrogens is 1. The molecule has 6 nitrogen and oxygen atoms in total. The molecule has 0 bridgehead atoms. The molecule has 2 aromatic heterocycles. The fourth-order valence-electron chi connectivity index (χ4n) is 2.65. The van der Waals surface area contributed by atoms with E-state index in [0.717, 1.165) is 10.4 Å². The molecule has 0 spiro atoms. The van der Waals surface area contributed by atoms with E-state index in [9.17, 15) is 15.2 Å². The number of halogens is 1. The molecule has 0 saturated heterocycles. The lowest BCUT2D eigenvalue weighted by Crippen LogP contribution is -2.10. The number of hydrogen-bond acceptors (Lipinski definition) is 6. The Morgan fingerprint density at radius 2 is 2.22 bits per heavy atom. The quantitative estimate of drug-likeness (QED) is 0.630. The van der Waals surface area contributed by atoms with Crippen LogP contribution in [-0.2, 0) is 0 Å². The van der Waals surface area contributed by atoms with Gasteiger partial charge in [-0.1, -0.05) is 11.6 Å². The van der Waals surface area contributed by atoms with Crippen molar-refractivity contribution in [1.29, 1.82) is 5.26 Å². The molecule has 2 heterocycles. The average molecular weight is 402 g/mol. The van der Waals surface area contributed by atoms with E-state index < -0.39 is 0 Å². The largest absolute Gasteiger partial charge is 0.503 e. The molecule has 0 unspecified atom stereocenters. The number of fused-ring (bicyclic) bond motifs is 1. The van der Waals surface area contributed by atoms with Crippen molar-refractivity contribution >= 4 is 44.8 Å². The first-order chi connectivity index (χ1) is 12.8. The minimum Gasteiger partial charge on any atom is -0.503 e. The van der Waals surface area contributed by atoms with Crippen molar-refractivity contribution in [2.45, 2.75) is 20.8 Å². The molecule has 0 aliphatic rings. The molecule has 3 rings (SSSR count). The van der Waals surface area contributed by atoms with Crippen molar-refractivity contribution in [3.63, 3.8) is 0 Å². The summed E-state index contributed by atoms with van der Waals surface area (Å²) in [4.78, 5) is 21.2. The number of nitriles is 1. The summed E-state index contributed by atoms with van der Waals surface area (Å²) in [5.41, 5.74) is 1.32. The summed E-state index contributed by atoms with van der Waals surface area (Å²) in [6, 6.07) is 5.13. The van der Waals surface area contributed by atoms with Crippen LogP contribution in [0.5, 0.6) is 11.5 Å². The van der Waals surface area contributed by atoms with E-state index in [2.05, 4.69) is 16.0 Å². The number of benzene rings is 1. The first kappa shape index (κ1) is 19.0. The minimum atomic E-state index is -0.281. The van der Waals surface area contributed by atoms with Crippen molar-refractivity contribution in [2.75, 3.05) is 6.61 Å². The van der Waals surface area contributed by atoms with Gasteiger partial charge in [-0.2, -0.15) is 5.26 Å².